The molecule has 0 spiro atoms. The van der Waals surface area contributed by atoms with Crippen LogP contribution in [0.25, 0.3) is 0 Å². The molecule has 0 aliphatic heterocycles. The summed E-state index contributed by atoms with van der Waals surface area (Å²) in [4.78, 5) is 24.9. The monoisotopic (exact) mass is 416 g/mol. The van der Waals surface area contributed by atoms with Crippen LogP contribution in [-0.4, -0.2) is 18.4 Å². The SMILES string of the molecule is CCOc1ccc(C(=O)Nc2ccc(NC(=O)c3ccc(C(C)(C)C)cc3)cc2)cc1. The van der Waals surface area contributed by atoms with E-state index in [2.05, 4.69) is 31.4 Å². The third-order valence-electron chi connectivity index (χ3n) is 4.84. The van der Waals surface area contributed by atoms with Crippen LogP contribution in [0.1, 0.15) is 54.0 Å². The highest BCUT2D eigenvalue weighted by Gasteiger charge is 2.14. The molecule has 0 saturated carbocycles. The standard InChI is InChI=1S/C26H28N2O3/c1-5-31-23-16-8-19(9-17-23)25(30)28-22-14-12-21(13-15-22)27-24(29)18-6-10-20(11-7-18)26(2,3)4/h6-17H,5H2,1-4H3,(H,27,29)(H,28,30). The zero-order valence-electron chi connectivity index (χ0n) is 18.4. The molecule has 0 bridgehead atoms. The quantitative estimate of drug-likeness (QED) is 0.527. The number of carbonyl (C=O) groups excluding carboxylic acids is 2. The molecule has 0 aliphatic carbocycles. The third-order valence-corrected chi connectivity index (χ3v) is 4.84. The van der Waals surface area contributed by atoms with Crippen molar-refractivity contribution in [2.45, 2.75) is 33.1 Å². The molecule has 0 radical (unpaired) electrons. The van der Waals surface area contributed by atoms with Gasteiger partial charge in [-0.05, 0) is 78.6 Å². The Kier molecular flexibility index (Phi) is 6.75. The predicted molar refractivity (Wildman–Crippen MR) is 125 cm³/mol. The van der Waals surface area contributed by atoms with Gasteiger partial charge >= 0.3 is 0 Å². The highest BCUT2D eigenvalue weighted by Crippen LogP contribution is 2.23. The van der Waals surface area contributed by atoms with E-state index in [4.69, 9.17) is 4.74 Å². The van der Waals surface area contributed by atoms with Gasteiger partial charge in [-0.15, -0.1) is 0 Å². The number of anilines is 2. The Morgan fingerprint density at radius 3 is 1.52 bits per heavy atom. The van der Waals surface area contributed by atoms with Crippen LogP contribution in [0, 0.1) is 0 Å². The molecule has 5 nitrogen and oxygen atoms in total. The Hall–Kier alpha value is -3.60. The van der Waals surface area contributed by atoms with E-state index < -0.39 is 0 Å². The van der Waals surface area contributed by atoms with Gasteiger partial charge < -0.3 is 15.4 Å². The van der Waals surface area contributed by atoms with Gasteiger partial charge in [0.15, 0.2) is 0 Å². The van der Waals surface area contributed by atoms with Crippen LogP contribution >= 0.6 is 0 Å². The predicted octanol–water partition coefficient (Wildman–Crippen LogP) is 5.89. The van der Waals surface area contributed by atoms with E-state index in [0.717, 1.165) is 5.75 Å². The first-order valence-corrected chi connectivity index (χ1v) is 10.3. The van der Waals surface area contributed by atoms with Gasteiger partial charge in [0.25, 0.3) is 11.8 Å². The highest BCUT2D eigenvalue weighted by atomic mass is 16.5. The molecule has 0 atom stereocenters. The molecule has 31 heavy (non-hydrogen) atoms. The Labute approximate surface area is 183 Å². The maximum absolute atomic E-state index is 12.5. The van der Waals surface area contributed by atoms with E-state index >= 15 is 0 Å². The van der Waals surface area contributed by atoms with E-state index in [0.29, 0.717) is 29.1 Å². The summed E-state index contributed by atoms with van der Waals surface area (Å²) in [6.45, 7) is 8.90. The Balaban J connectivity index is 1.59. The van der Waals surface area contributed by atoms with Gasteiger partial charge in [-0.25, -0.2) is 0 Å². The third kappa shape index (κ3) is 5.95. The minimum absolute atomic E-state index is 0.0423. The largest absolute Gasteiger partial charge is 0.494 e. The number of nitrogens with one attached hydrogen (secondary N) is 2. The summed E-state index contributed by atoms with van der Waals surface area (Å²) in [5.74, 6) is 0.345. The summed E-state index contributed by atoms with van der Waals surface area (Å²) >= 11 is 0. The average Bonchev–Trinajstić information content (AvgIpc) is 2.75. The Morgan fingerprint density at radius 2 is 1.13 bits per heavy atom. The van der Waals surface area contributed by atoms with Crippen LogP contribution in [-0.2, 0) is 5.41 Å². The Bertz CT molecular complexity index is 1030. The van der Waals surface area contributed by atoms with E-state index in [1.165, 1.54) is 5.56 Å². The van der Waals surface area contributed by atoms with Crippen molar-refractivity contribution in [3.8, 4) is 5.75 Å². The molecule has 0 aliphatic rings. The first-order chi connectivity index (χ1) is 14.8. The summed E-state index contributed by atoms with van der Waals surface area (Å²) in [7, 11) is 0. The summed E-state index contributed by atoms with van der Waals surface area (Å²) in [5, 5.41) is 5.73. The van der Waals surface area contributed by atoms with Crippen LogP contribution in [0.4, 0.5) is 11.4 Å². The molecular weight excluding hydrogens is 388 g/mol. The molecule has 2 amide bonds. The lowest BCUT2D eigenvalue weighted by molar-refractivity contribution is 0.101. The zero-order valence-corrected chi connectivity index (χ0v) is 18.4. The molecule has 3 rings (SSSR count). The lowest BCUT2D eigenvalue weighted by Crippen LogP contribution is -2.14. The second kappa shape index (κ2) is 9.47. The molecule has 0 heterocycles. The van der Waals surface area contributed by atoms with Gasteiger partial charge in [0.1, 0.15) is 5.75 Å². The van der Waals surface area contributed by atoms with Gasteiger partial charge in [0.2, 0.25) is 0 Å². The molecule has 160 valence electrons. The minimum atomic E-state index is -0.209. The maximum Gasteiger partial charge on any atom is 0.255 e. The second-order valence-electron chi connectivity index (χ2n) is 8.27. The molecular formula is C26H28N2O3. The molecule has 3 aromatic carbocycles. The fourth-order valence-corrected chi connectivity index (χ4v) is 3.03. The number of ether oxygens (including phenoxy) is 1. The van der Waals surface area contributed by atoms with E-state index in [1.54, 1.807) is 48.5 Å². The van der Waals surface area contributed by atoms with E-state index in [-0.39, 0.29) is 17.2 Å². The number of benzene rings is 3. The number of hydrogen-bond acceptors (Lipinski definition) is 3. The van der Waals surface area contributed by atoms with E-state index in [9.17, 15) is 9.59 Å². The maximum atomic E-state index is 12.5. The number of rotatable bonds is 6. The van der Waals surface area contributed by atoms with Crippen molar-refractivity contribution in [2.75, 3.05) is 17.2 Å². The summed E-state index contributed by atoms with van der Waals surface area (Å²) in [6, 6.07) is 21.6. The van der Waals surface area contributed by atoms with Crippen LogP contribution in [0.15, 0.2) is 72.8 Å². The molecule has 2 N–H and O–H groups in total. The number of amides is 2. The highest BCUT2D eigenvalue weighted by molar-refractivity contribution is 6.05. The van der Waals surface area contributed by atoms with Crippen molar-refractivity contribution in [1.82, 2.24) is 0 Å². The number of carbonyl (C=O) groups is 2. The van der Waals surface area contributed by atoms with Crippen molar-refractivity contribution in [3.63, 3.8) is 0 Å². The molecule has 0 aromatic heterocycles. The summed E-state index contributed by atoms with van der Waals surface area (Å²) < 4.78 is 5.39. The molecule has 5 heteroatoms. The smallest absolute Gasteiger partial charge is 0.255 e. The molecule has 0 fully saturated rings. The first-order valence-electron chi connectivity index (χ1n) is 10.3. The molecule has 0 saturated heterocycles. The van der Waals surface area contributed by atoms with Crippen molar-refractivity contribution < 1.29 is 14.3 Å². The van der Waals surface area contributed by atoms with Crippen LogP contribution in [0.3, 0.4) is 0 Å². The van der Waals surface area contributed by atoms with E-state index in [1.807, 2.05) is 31.2 Å². The first kappa shape index (κ1) is 22.1. The Morgan fingerprint density at radius 1 is 0.710 bits per heavy atom. The van der Waals surface area contributed by atoms with Gasteiger partial charge in [-0.1, -0.05) is 32.9 Å². The van der Waals surface area contributed by atoms with Crippen molar-refractivity contribution in [1.29, 1.82) is 0 Å². The van der Waals surface area contributed by atoms with Crippen LogP contribution in [0.5, 0.6) is 5.75 Å². The lowest BCUT2D eigenvalue weighted by atomic mass is 9.87. The fraction of sp³-hybridized carbons (Fsp3) is 0.231. The second-order valence-corrected chi connectivity index (χ2v) is 8.27. The van der Waals surface area contributed by atoms with Crippen molar-refractivity contribution >= 4 is 23.2 Å². The van der Waals surface area contributed by atoms with Crippen LogP contribution in [0.2, 0.25) is 0 Å². The van der Waals surface area contributed by atoms with Crippen molar-refractivity contribution in [2.24, 2.45) is 0 Å². The van der Waals surface area contributed by atoms with Gasteiger partial charge in [-0.2, -0.15) is 0 Å². The van der Waals surface area contributed by atoms with Gasteiger partial charge in [0.05, 0.1) is 6.61 Å². The topological polar surface area (TPSA) is 67.4 Å². The average molecular weight is 417 g/mol. The molecule has 0 unspecified atom stereocenters. The summed E-state index contributed by atoms with van der Waals surface area (Å²) in [6.07, 6.45) is 0. The summed E-state index contributed by atoms with van der Waals surface area (Å²) in [5.41, 5.74) is 3.66. The van der Waals surface area contributed by atoms with Gasteiger partial charge in [-0.3, -0.25) is 9.59 Å². The van der Waals surface area contributed by atoms with Crippen LogP contribution < -0.4 is 15.4 Å². The molecule has 3 aromatic rings. The van der Waals surface area contributed by atoms with Crippen molar-refractivity contribution in [3.05, 3.63) is 89.5 Å². The number of hydrogen-bond donors (Lipinski definition) is 2. The normalized spacial score (nSPS) is 11.0. The lowest BCUT2D eigenvalue weighted by Gasteiger charge is -2.19. The van der Waals surface area contributed by atoms with Gasteiger partial charge in [0, 0.05) is 22.5 Å². The fourth-order valence-electron chi connectivity index (χ4n) is 3.03. The minimum Gasteiger partial charge on any atom is -0.494 e. The zero-order chi connectivity index (χ0) is 22.4.